The first-order valence-electron chi connectivity index (χ1n) is 11.4. The van der Waals surface area contributed by atoms with Crippen molar-refractivity contribution in [2.75, 3.05) is 66.0 Å². The summed E-state index contributed by atoms with van der Waals surface area (Å²) in [5.41, 5.74) is 0.174. The molecule has 0 spiro atoms. The number of aliphatic imine (C=N–C) groups is 1. The molecule has 0 aromatic carbocycles. The standard InChI is InChI=1S/C22H45N5O/c1-6-23-21(24-11-8-13-27-14-9-12-26(5)15-16-27)25-18-19-10-7-17-28-20(19)22(2,3)4/h19-20H,6-18H2,1-5H3,(H2,23,24,25). The zero-order chi connectivity index (χ0) is 20.4. The molecule has 2 saturated heterocycles. The lowest BCUT2D eigenvalue weighted by molar-refractivity contribution is -0.0823. The first-order chi connectivity index (χ1) is 13.4. The summed E-state index contributed by atoms with van der Waals surface area (Å²) in [6.45, 7) is 18.6. The minimum absolute atomic E-state index is 0.174. The zero-order valence-corrected chi connectivity index (χ0v) is 19.1. The Labute approximate surface area is 173 Å². The third-order valence-electron chi connectivity index (χ3n) is 5.88. The summed E-state index contributed by atoms with van der Waals surface area (Å²) in [6.07, 6.45) is 5.11. The smallest absolute Gasteiger partial charge is 0.191 e. The van der Waals surface area contributed by atoms with Crippen LogP contribution in [-0.4, -0.2) is 87.9 Å². The lowest BCUT2D eigenvalue weighted by Crippen LogP contribution is -2.43. The van der Waals surface area contributed by atoms with E-state index in [4.69, 9.17) is 9.73 Å². The lowest BCUT2D eigenvalue weighted by Gasteiger charge is -2.39. The maximum absolute atomic E-state index is 6.11. The summed E-state index contributed by atoms with van der Waals surface area (Å²) in [7, 11) is 2.23. The number of rotatable bonds is 7. The van der Waals surface area contributed by atoms with Gasteiger partial charge in [0.05, 0.1) is 6.10 Å². The first-order valence-corrected chi connectivity index (χ1v) is 11.4. The number of nitrogens with zero attached hydrogens (tertiary/aromatic N) is 3. The molecule has 0 bridgehead atoms. The molecule has 2 fully saturated rings. The molecule has 2 aliphatic rings. The summed E-state index contributed by atoms with van der Waals surface area (Å²) in [6, 6.07) is 0. The Morgan fingerprint density at radius 2 is 1.93 bits per heavy atom. The van der Waals surface area contributed by atoms with Crippen LogP contribution in [0.3, 0.4) is 0 Å². The van der Waals surface area contributed by atoms with Gasteiger partial charge in [-0.3, -0.25) is 4.99 Å². The molecule has 6 heteroatoms. The monoisotopic (exact) mass is 395 g/mol. The predicted octanol–water partition coefficient (Wildman–Crippen LogP) is 2.41. The molecule has 2 heterocycles. The Kier molecular flexibility index (Phi) is 10.0. The van der Waals surface area contributed by atoms with Crippen LogP contribution in [0.5, 0.6) is 0 Å². The van der Waals surface area contributed by atoms with Crippen molar-refractivity contribution in [3.05, 3.63) is 0 Å². The zero-order valence-electron chi connectivity index (χ0n) is 19.1. The van der Waals surface area contributed by atoms with Crippen LogP contribution in [0.25, 0.3) is 0 Å². The molecule has 28 heavy (non-hydrogen) atoms. The number of hydrogen-bond acceptors (Lipinski definition) is 4. The highest BCUT2D eigenvalue weighted by molar-refractivity contribution is 5.79. The molecule has 0 amide bonds. The molecule has 0 radical (unpaired) electrons. The van der Waals surface area contributed by atoms with Crippen LogP contribution in [0.15, 0.2) is 4.99 Å². The molecule has 2 unspecified atom stereocenters. The Hall–Kier alpha value is -0.850. The minimum Gasteiger partial charge on any atom is -0.377 e. The second-order valence-corrected chi connectivity index (χ2v) is 9.56. The Balaban J connectivity index is 1.76. The van der Waals surface area contributed by atoms with Gasteiger partial charge in [0.2, 0.25) is 0 Å². The van der Waals surface area contributed by atoms with Crippen LogP contribution in [0, 0.1) is 11.3 Å². The average molecular weight is 396 g/mol. The molecule has 2 aliphatic heterocycles. The highest BCUT2D eigenvalue weighted by Crippen LogP contribution is 2.34. The average Bonchev–Trinajstić information content (AvgIpc) is 2.87. The van der Waals surface area contributed by atoms with Crippen molar-refractivity contribution < 1.29 is 4.74 Å². The highest BCUT2D eigenvalue weighted by atomic mass is 16.5. The fourth-order valence-electron chi connectivity index (χ4n) is 4.37. The number of ether oxygens (including phenoxy) is 1. The quantitative estimate of drug-likeness (QED) is 0.394. The van der Waals surface area contributed by atoms with Gasteiger partial charge in [-0.05, 0) is 64.7 Å². The van der Waals surface area contributed by atoms with Crippen molar-refractivity contribution in [1.29, 1.82) is 0 Å². The van der Waals surface area contributed by atoms with E-state index in [0.29, 0.717) is 12.0 Å². The second-order valence-electron chi connectivity index (χ2n) is 9.56. The highest BCUT2D eigenvalue weighted by Gasteiger charge is 2.35. The van der Waals surface area contributed by atoms with Gasteiger partial charge in [-0.15, -0.1) is 0 Å². The summed E-state index contributed by atoms with van der Waals surface area (Å²) in [5.74, 6) is 1.47. The van der Waals surface area contributed by atoms with Crippen LogP contribution in [-0.2, 0) is 4.74 Å². The number of nitrogens with one attached hydrogen (secondary N) is 2. The first kappa shape index (κ1) is 23.4. The van der Waals surface area contributed by atoms with E-state index in [-0.39, 0.29) is 5.41 Å². The predicted molar refractivity (Wildman–Crippen MR) is 119 cm³/mol. The number of likely N-dealkylation sites (N-methyl/N-ethyl adjacent to an activating group) is 1. The molecule has 2 atom stereocenters. The molecule has 0 saturated carbocycles. The van der Waals surface area contributed by atoms with Crippen LogP contribution >= 0.6 is 0 Å². The molecular formula is C22H45N5O. The largest absolute Gasteiger partial charge is 0.377 e. The molecule has 0 aromatic rings. The lowest BCUT2D eigenvalue weighted by atomic mass is 9.78. The van der Waals surface area contributed by atoms with E-state index < -0.39 is 0 Å². The van der Waals surface area contributed by atoms with E-state index in [1.807, 2.05) is 0 Å². The summed E-state index contributed by atoms with van der Waals surface area (Å²) in [5, 5.41) is 6.95. The number of guanidine groups is 1. The van der Waals surface area contributed by atoms with E-state index in [0.717, 1.165) is 45.0 Å². The molecule has 164 valence electrons. The Bertz CT molecular complexity index is 462. The van der Waals surface area contributed by atoms with Gasteiger partial charge < -0.3 is 25.2 Å². The summed E-state index contributed by atoms with van der Waals surface area (Å²) in [4.78, 5) is 9.94. The van der Waals surface area contributed by atoms with Gasteiger partial charge in [0.15, 0.2) is 5.96 Å². The minimum atomic E-state index is 0.174. The molecular weight excluding hydrogens is 350 g/mol. The fraction of sp³-hybridized carbons (Fsp3) is 0.955. The van der Waals surface area contributed by atoms with Crippen LogP contribution in [0.2, 0.25) is 0 Å². The van der Waals surface area contributed by atoms with Gasteiger partial charge in [0.1, 0.15) is 0 Å². The normalized spacial score (nSPS) is 26.1. The van der Waals surface area contributed by atoms with E-state index in [1.54, 1.807) is 0 Å². The number of hydrogen-bond donors (Lipinski definition) is 2. The van der Waals surface area contributed by atoms with Crippen LogP contribution in [0.4, 0.5) is 0 Å². The van der Waals surface area contributed by atoms with E-state index >= 15 is 0 Å². The van der Waals surface area contributed by atoms with Gasteiger partial charge >= 0.3 is 0 Å². The van der Waals surface area contributed by atoms with E-state index in [2.05, 4.69) is 55.2 Å². The van der Waals surface area contributed by atoms with Crippen LogP contribution in [0.1, 0.15) is 53.4 Å². The van der Waals surface area contributed by atoms with Gasteiger partial charge in [0, 0.05) is 45.2 Å². The van der Waals surface area contributed by atoms with Gasteiger partial charge in [0.25, 0.3) is 0 Å². The molecule has 2 rings (SSSR count). The third kappa shape index (κ3) is 8.26. The van der Waals surface area contributed by atoms with Crippen molar-refractivity contribution in [2.24, 2.45) is 16.3 Å². The van der Waals surface area contributed by atoms with Crippen molar-refractivity contribution in [3.8, 4) is 0 Å². The summed E-state index contributed by atoms with van der Waals surface area (Å²) >= 11 is 0. The fourth-order valence-corrected chi connectivity index (χ4v) is 4.37. The van der Waals surface area contributed by atoms with E-state index in [9.17, 15) is 0 Å². The van der Waals surface area contributed by atoms with Crippen molar-refractivity contribution >= 4 is 5.96 Å². The maximum atomic E-state index is 6.11. The molecule has 6 nitrogen and oxygen atoms in total. The maximum Gasteiger partial charge on any atom is 0.191 e. The third-order valence-corrected chi connectivity index (χ3v) is 5.88. The van der Waals surface area contributed by atoms with Gasteiger partial charge in [-0.25, -0.2) is 0 Å². The topological polar surface area (TPSA) is 52.1 Å². The van der Waals surface area contributed by atoms with Crippen molar-refractivity contribution in [2.45, 2.75) is 59.5 Å². The van der Waals surface area contributed by atoms with Gasteiger partial charge in [-0.1, -0.05) is 20.8 Å². The van der Waals surface area contributed by atoms with Crippen molar-refractivity contribution in [1.82, 2.24) is 20.4 Å². The molecule has 0 aliphatic carbocycles. The van der Waals surface area contributed by atoms with Crippen LogP contribution < -0.4 is 10.6 Å². The molecule has 2 N–H and O–H groups in total. The van der Waals surface area contributed by atoms with E-state index in [1.165, 1.54) is 45.6 Å². The van der Waals surface area contributed by atoms with Crippen molar-refractivity contribution in [3.63, 3.8) is 0 Å². The van der Waals surface area contributed by atoms with Gasteiger partial charge in [-0.2, -0.15) is 0 Å². The Morgan fingerprint density at radius 3 is 2.68 bits per heavy atom. The second kappa shape index (κ2) is 12.0. The SMILES string of the molecule is CCNC(=NCC1CCCOC1C(C)(C)C)NCCCN1CCCN(C)CC1. The molecule has 0 aromatic heterocycles. The Morgan fingerprint density at radius 1 is 1.11 bits per heavy atom. The summed E-state index contributed by atoms with van der Waals surface area (Å²) < 4.78 is 6.11.